The maximum atomic E-state index is 13.3. The van der Waals surface area contributed by atoms with E-state index >= 15 is 0 Å². The number of hydrogen-bond acceptors (Lipinski definition) is 4. The first-order valence-corrected chi connectivity index (χ1v) is 10.1. The van der Waals surface area contributed by atoms with Gasteiger partial charge < -0.3 is 10.2 Å². The van der Waals surface area contributed by atoms with Crippen molar-refractivity contribution < 1.29 is 22.4 Å². The highest BCUT2D eigenvalue weighted by molar-refractivity contribution is 7.89. The van der Waals surface area contributed by atoms with Gasteiger partial charge in [0, 0.05) is 44.4 Å². The van der Waals surface area contributed by atoms with Crippen LogP contribution < -0.4 is 5.32 Å². The lowest BCUT2D eigenvalue weighted by atomic mass is 10.2. The predicted molar refractivity (Wildman–Crippen MR) is 102 cm³/mol. The van der Waals surface area contributed by atoms with Gasteiger partial charge >= 0.3 is 0 Å². The summed E-state index contributed by atoms with van der Waals surface area (Å²) in [6, 6.07) is 11.4. The molecule has 1 saturated heterocycles. The van der Waals surface area contributed by atoms with E-state index in [0.717, 1.165) is 0 Å². The van der Waals surface area contributed by atoms with Crippen molar-refractivity contribution in [2.75, 3.05) is 31.5 Å². The van der Waals surface area contributed by atoms with E-state index in [4.69, 9.17) is 0 Å². The van der Waals surface area contributed by atoms with Crippen LogP contribution in [0.5, 0.6) is 0 Å². The largest absolute Gasteiger partial charge is 0.336 e. The van der Waals surface area contributed by atoms with Gasteiger partial charge in [-0.05, 0) is 42.5 Å². The third-order valence-corrected chi connectivity index (χ3v) is 6.32. The van der Waals surface area contributed by atoms with Crippen LogP contribution in [0.4, 0.5) is 10.1 Å². The Kier molecular flexibility index (Phi) is 5.76. The molecule has 0 aromatic heterocycles. The van der Waals surface area contributed by atoms with Gasteiger partial charge in [-0.3, -0.25) is 9.59 Å². The molecule has 1 aliphatic heterocycles. The highest BCUT2D eigenvalue weighted by Gasteiger charge is 2.30. The summed E-state index contributed by atoms with van der Waals surface area (Å²) in [5.41, 5.74) is 0.752. The first-order chi connectivity index (χ1) is 13.3. The average Bonchev–Trinajstić information content (AvgIpc) is 2.67. The third-order valence-electron chi connectivity index (χ3n) is 4.41. The number of nitrogens with zero attached hydrogens (tertiary/aromatic N) is 2. The minimum atomic E-state index is -3.71. The first kappa shape index (κ1) is 20.0. The van der Waals surface area contributed by atoms with E-state index in [9.17, 15) is 22.4 Å². The van der Waals surface area contributed by atoms with Gasteiger partial charge in [0.05, 0.1) is 4.90 Å². The number of amides is 2. The Bertz CT molecular complexity index is 984. The van der Waals surface area contributed by atoms with Crippen molar-refractivity contribution in [3.05, 3.63) is 59.9 Å². The van der Waals surface area contributed by atoms with Crippen LogP contribution in [-0.4, -0.2) is 55.6 Å². The van der Waals surface area contributed by atoms with E-state index in [1.165, 1.54) is 64.7 Å². The van der Waals surface area contributed by atoms with Crippen LogP contribution >= 0.6 is 0 Å². The molecule has 9 heteroatoms. The molecule has 7 nitrogen and oxygen atoms in total. The van der Waals surface area contributed by atoms with E-state index in [1.807, 2.05) is 0 Å². The molecule has 2 aromatic rings. The molecule has 0 spiro atoms. The Balaban J connectivity index is 1.66. The van der Waals surface area contributed by atoms with Gasteiger partial charge in [0.2, 0.25) is 15.9 Å². The van der Waals surface area contributed by atoms with Crippen LogP contribution in [0.1, 0.15) is 17.3 Å². The molecule has 0 saturated carbocycles. The molecule has 28 heavy (non-hydrogen) atoms. The number of halogens is 1. The lowest BCUT2D eigenvalue weighted by Crippen LogP contribution is -2.50. The minimum Gasteiger partial charge on any atom is -0.336 e. The lowest BCUT2D eigenvalue weighted by Gasteiger charge is -2.34. The van der Waals surface area contributed by atoms with Gasteiger partial charge in [0.1, 0.15) is 5.82 Å². The van der Waals surface area contributed by atoms with E-state index in [0.29, 0.717) is 5.69 Å². The Morgan fingerprint density at radius 2 is 1.64 bits per heavy atom. The van der Waals surface area contributed by atoms with Gasteiger partial charge in [0.25, 0.3) is 5.91 Å². The van der Waals surface area contributed by atoms with Crippen molar-refractivity contribution in [3.8, 4) is 0 Å². The number of benzene rings is 2. The Labute approximate surface area is 162 Å². The van der Waals surface area contributed by atoms with Gasteiger partial charge in [-0.25, -0.2) is 12.8 Å². The van der Waals surface area contributed by atoms with E-state index < -0.39 is 15.8 Å². The van der Waals surface area contributed by atoms with Crippen LogP contribution in [0.2, 0.25) is 0 Å². The van der Waals surface area contributed by atoms with Crippen molar-refractivity contribution >= 4 is 27.5 Å². The lowest BCUT2D eigenvalue weighted by molar-refractivity contribution is -0.114. The molecule has 2 aromatic carbocycles. The van der Waals surface area contributed by atoms with Gasteiger partial charge in [0.15, 0.2) is 0 Å². The number of anilines is 1. The topological polar surface area (TPSA) is 86.8 Å². The highest BCUT2D eigenvalue weighted by atomic mass is 32.2. The normalized spacial score (nSPS) is 15.3. The molecule has 2 amide bonds. The van der Waals surface area contributed by atoms with Crippen molar-refractivity contribution in [3.63, 3.8) is 0 Å². The second kappa shape index (κ2) is 8.07. The molecule has 0 unspecified atom stereocenters. The van der Waals surface area contributed by atoms with Gasteiger partial charge in [-0.1, -0.05) is 6.07 Å². The quantitative estimate of drug-likeness (QED) is 0.842. The molecule has 1 fully saturated rings. The smallest absolute Gasteiger partial charge is 0.254 e. The molecular weight excluding hydrogens is 385 g/mol. The second-order valence-corrected chi connectivity index (χ2v) is 8.35. The zero-order valence-corrected chi connectivity index (χ0v) is 16.1. The Morgan fingerprint density at radius 3 is 2.21 bits per heavy atom. The van der Waals surface area contributed by atoms with E-state index in [1.54, 1.807) is 0 Å². The fraction of sp³-hybridized carbons (Fsp3) is 0.263. The monoisotopic (exact) mass is 405 g/mol. The molecule has 0 radical (unpaired) electrons. The number of piperazine rings is 1. The molecule has 3 rings (SSSR count). The summed E-state index contributed by atoms with van der Waals surface area (Å²) in [6.07, 6.45) is 0. The number of carbonyl (C=O) groups excluding carboxylic acids is 2. The molecule has 1 N–H and O–H groups in total. The van der Waals surface area contributed by atoms with Crippen LogP contribution in [0, 0.1) is 5.82 Å². The fourth-order valence-corrected chi connectivity index (χ4v) is 4.42. The number of rotatable bonds is 4. The van der Waals surface area contributed by atoms with E-state index in [-0.39, 0.29) is 48.5 Å². The zero-order valence-electron chi connectivity index (χ0n) is 15.3. The summed E-state index contributed by atoms with van der Waals surface area (Å²) in [5, 5.41) is 2.58. The van der Waals surface area contributed by atoms with Gasteiger partial charge in [-0.15, -0.1) is 0 Å². The Hall–Kier alpha value is -2.78. The summed E-state index contributed by atoms with van der Waals surface area (Å²) in [4.78, 5) is 25.2. The van der Waals surface area contributed by atoms with Crippen molar-refractivity contribution in [2.45, 2.75) is 11.8 Å². The summed E-state index contributed by atoms with van der Waals surface area (Å²) in [5.74, 6) is -1.05. The minimum absolute atomic E-state index is 0.117. The standard InChI is InChI=1S/C19H20FN3O4S/c1-14(24)21-17-5-7-18(8-6-17)28(26,27)23-11-9-22(10-12-23)19(25)15-3-2-4-16(20)13-15/h2-8,13H,9-12H2,1H3,(H,21,24). The number of carbonyl (C=O) groups is 2. The summed E-state index contributed by atoms with van der Waals surface area (Å²) >= 11 is 0. The molecule has 1 heterocycles. The van der Waals surface area contributed by atoms with Crippen LogP contribution in [0.25, 0.3) is 0 Å². The molecule has 0 bridgehead atoms. The van der Waals surface area contributed by atoms with Gasteiger partial charge in [-0.2, -0.15) is 4.31 Å². The SMILES string of the molecule is CC(=O)Nc1ccc(S(=O)(=O)N2CCN(C(=O)c3cccc(F)c3)CC2)cc1. The van der Waals surface area contributed by atoms with Crippen LogP contribution in [-0.2, 0) is 14.8 Å². The fourth-order valence-electron chi connectivity index (χ4n) is 3.00. The van der Waals surface area contributed by atoms with Crippen molar-refractivity contribution in [1.29, 1.82) is 0 Å². The molecule has 0 atom stereocenters. The third kappa shape index (κ3) is 4.37. The predicted octanol–water partition coefficient (Wildman–Crippen LogP) is 1.93. The molecule has 0 aliphatic carbocycles. The van der Waals surface area contributed by atoms with Crippen molar-refractivity contribution in [2.24, 2.45) is 0 Å². The number of sulfonamides is 1. The van der Waals surface area contributed by atoms with Crippen LogP contribution in [0.3, 0.4) is 0 Å². The second-order valence-electron chi connectivity index (χ2n) is 6.41. The molecular formula is C19H20FN3O4S. The Morgan fingerprint density at radius 1 is 1.00 bits per heavy atom. The number of nitrogens with one attached hydrogen (secondary N) is 1. The molecule has 148 valence electrons. The number of hydrogen-bond donors (Lipinski definition) is 1. The van der Waals surface area contributed by atoms with Crippen LogP contribution in [0.15, 0.2) is 53.4 Å². The molecule has 1 aliphatic rings. The van der Waals surface area contributed by atoms with E-state index in [2.05, 4.69) is 5.32 Å². The highest BCUT2D eigenvalue weighted by Crippen LogP contribution is 2.20. The average molecular weight is 405 g/mol. The van der Waals surface area contributed by atoms with Crippen molar-refractivity contribution in [1.82, 2.24) is 9.21 Å². The maximum absolute atomic E-state index is 13.3. The maximum Gasteiger partial charge on any atom is 0.254 e. The zero-order chi connectivity index (χ0) is 20.3. The summed E-state index contributed by atoms with van der Waals surface area (Å²) in [7, 11) is -3.71. The summed E-state index contributed by atoms with van der Waals surface area (Å²) in [6.45, 7) is 2.11. The summed E-state index contributed by atoms with van der Waals surface area (Å²) < 4.78 is 40.2. The first-order valence-electron chi connectivity index (χ1n) is 8.70.